The van der Waals surface area contributed by atoms with Gasteiger partial charge in [-0.05, 0) is 18.2 Å². The standard InChI is InChI=1S/C18H18ClF3N6O/c19-14-11-13(18(20,21)22)12-23-16(14)26-8-5-25(6-9-26)7-10-28-17(29)27-4-2-1-3-15(27)24-28/h1-4,11-12H,5-10H2. The highest BCUT2D eigenvalue weighted by atomic mass is 35.5. The second-order valence-corrected chi connectivity index (χ2v) is 7.20. The molecule has 0 atom stereocenters. The molecule has 3 aromatic rings. The van der Waals surface area contributed by atoms with Crippen LogP contribution in [0.3, 0.4) is 0 Å². The number of piperazine rings is 1. The molecule has 29 heavy (non-hydrogen) atoms. The fraction of sp³-hybridized carbons (Fsp3) is 0.389. The number of hydrogen-bond acceptors (Lipinski definition) is 5. The van der Waals surface area contributed by atoms with Gasteiger partial charge in [-0.2, -0.15) is 13.2 Å². The predicted octanol–water partition coefficient (Wildman–Crippen LogP) is 2.39. The zero-order valence-electron chi connectivity index (χ0n) is 15.3. The first-order valence-electron chi connectivity index (χ1n) is 9.07. The number of aromatic nitrogens is 4. The van der Waals surface area contributed by atoms with Crippen LogP contribution >= 0.6 is 11.6 Å². The van der Waals surface area contributed by atoms with Crippen LogP contribution < -0.4 is 10.6 Å². The van der Waals surface area contributed by atoms with E-state index in [0.29, 0.717) is 50.7 Å². The number of alkyl halides is 3. The van der Waals surface area contributed by atoms with Crippen LogP contribution in [0.25, 0.3) is 5.65 Å². The lowest BCUT2D eigenvalue weighted by Crippen LogP contribution is -2.48. The molecule has 0 bridgehead atoms. The second-order valence-electron chi connectivity index (χ2n) is 6.79. The van der Waals surface area contributed by atoms with Crippen LogP contribution in [0.15, 0.2) is 41.5 Å². The number of pyridine rings is 2. The first-order chi connectivity index (χ1) is 13.8. The molecule has 1 aliphatic heterocycles. The topological polar surface area (TPSA) is 58.7 Å². The molecule has 0 radical (unpaired) electrons. The van der Waals surface area contributed by atoms with Crippen LogP contribution in [0.4, 0.5) is 19.0 Å². The zero-order valence-corrected chi connectivity index (χ0v) is 16.1. The molecule has 0 aliphatic carbocycles. The summed E-state index contributed by atoms with van der Waals surface area (Å²) in [6.45, 7) is 3.63. The lowest BCUT2D eigenvalue weighted by molar-refractivity contribution is -0.137. The van der Waals surface area contributed by atoms with E-state index in [2.05, 4.69) is 15.0 Å². The lowest BCUT2D eigenvalue weighted by Gasteiger charge is -2.35. The number of hydrogen-bond donors (Lipinski definition) is 0. The molecule has 0 amide bonds. The SMILES string of the molecule is O=c1n(CCN2CCN(c3ncc(C(F)(F)F)cc3Cl)CC2)nc2ccccn12. The van der Waals surface area contributed by atoms with Crippen LogP contribution in [0.1, 0.15) is 5.56 Å². The monoisotopic (exact) mass is 426 g/mol. The van der Waals surface area contributed by atoms with Crippen LogP contribution in [0.2, 0.25) is 5.02 Å². The lowest BCUT2D eigenvalue weighted by atomic mass is 10.2. The van der Waals surface area contributed by atoms with Crippen molar-refractivity contribution in [3.8, 4) is 0 Å². The van der Waals surface area contributed by atoms with Crippen LogP contribution in [-0.4, -0.2) is 56.8 Å². The minimum Gasteiger partial charge on any atom is -0.353 e. The average Bonchev–Trinajstić information content (AvgIpc) is 3.02. The molecule has 4 heterocycles. The average molecular weight is 427 g/mol. The van der Waals surface area contributed by atoms with Gasteiger partial charge in [0.15, 0.2) is 5.65 Å². The third kappa shape index (κ3) is 4.08. The van der Waals surface area contributed by atoms with E-state index in [1.807, 2.05) is 11.0 Å². The fourth-order valence-corrected chi connectivity index (χ4v) is 3.64. The predicted molar refractivity (Wildman–Crippen MR) is 102 cm³/mol. The largest absolute Gasteiger partial charge is 0.417 e. The Morgan fingerprint density at radius 2 is 1.86 bits per heavy atom. The minimum atomic E-state index is -4.47. The summed E-state index contributed by atoms with van der Waals surface area (Å²) in [6, 6.07) is 6.29. The van der Waals surface area contributed by atoms with Crippen molar-refractivity contribution in [1.29, 1.82) is 0 Å². The summed E-state index contributed by atoms with van der Waals surface area (Å²) < 4.78 is 41.2. The smallest absolute Gasteiger partial charge is 0.353 e. The fourth-order valence-electron chi connectivity index (χ4n) is 3.35. The van der Waals surface area contributed by atoms with Crippen LogP contribution in [-0.2, 0) is 12.7 Å². The van der Waals surface area contributed by atoms with Crippen molar-refractivity contribution in [2.45, 2.75) is 12.7 Å². The van der Waals surface area contributed by atoms with Gasteiger partial charge in [-0.25, -0.2) is 14.5 Å². The second kappa shape index (κ2) is 7.68. The summed E-state index contributed by atoms with van der Waals surface area (Å²) in [5, 5.41) is 4.30. The van der Waals surface area contributed by atoms with E-state index in [0.717, 1.165) is 12.3 Å². The van der Waals surface area contributed by atoms with E-state index in [1.165, 1.54) is 9.08 Å². The van der Waals surface area contributed by atoms with E-state index in [1.54, 1.807) is 18.3 Å². The Morgan fingerprint density at radius 3 is 2.52 bits per heavy atom. The first-order valence-corrected chi connectivity index (χ1v) is 9.45. The van der Waals surface area contributed by atoms with Crippen LogP contribution in [0.5, 0.6) is 0 Å². The maximum atomic E-state index is 12.8. The van der Waals surface area contributed by atoms with Gasteiger partial charge in [0.2, 0.25) is 0 Å². The molecular formula is C18H18ClF3N6O. The quantitative estimate of drug-likeness (QED) is 0.641. The molecule has 4 rings (SSSR count). The molecule has 0 N–H and O–H groups in total. The normalized spacial score (nSPS) is 15.9. The van der Waals surface area contributed by atoms with Crippen LogP contribution in [0, 0.1) is 0 Å². The van der Waals surface area contributed by atoms with Gasteiger partial charge >= 0.3 is 11.9 Å². The maximum Gasteiger partial charge on any atom is 0.417 e. The Morgan fingerprint density at radius 1 is 1.10 bits per heavy atom. The van der Waals surface area contributed by atoms with E-state index < -0.39 is 11.7 Å². The zero-order chi connectivity index (χ0) is 20.6. The summed E-state index contributed by atoms with van der Waals surface area (Å²) in [6.07, 6.45) is -1.98. The van der Waals surface area contributed by atoms with E-state index in [-0.39, 0.29) is 10.7 Å². The van der Waals surface area contributed by atoms with Gasteiger partial charge in [-0.3, -0.25) is 9.30 Å². The highest BCUT2D eigenvalue weighted by Gasteiger charge is 2.32. The Kier molecular flexibility index (Phi) is 5.22. The molecule has 11 heteroatoms. The number of halogens is 4. The molecule has 0 spiro atoms. The highest BCUT2D eigenvalue weighted by molar-refractivity contribution is 6.33. The summed E-state index contributed by atoms with van der Waals surface area (Å²) in [5.41, 5.74) is -0.437. The molecule has 0 saturated carbocycles. The summed E-state index contributed by atoms with van der Waals surface area (Å²) in [4.78, 5) is 20.3. The maximum absolute atomic E-state index is 12.8. The molecule has 0 aromatic carbocycles. The minimum absolute atomic E-state index is 0.00970. The van der Waals surface area contributed by atoms with Gasteiger partial charge in [0.1, 0.15) is 5.82 Å². The Labute approximate surface area is 168 Å². The number of anilines is 1. The highest BCUT2D eigenvalue weighted by Crippen LogP contribution is 2.33. The molecule has 7 nitrogen and oxygen atoms in total. The first kappa shape index (κ1) is 19.7. The van der Waals surface area contributed by atoms with Gasteiger partial charge in [-0.15, -0.1) is 5.10 Å². The van der Waals surface area contributed by atoms with Crippen molar-refractivity contribution >= 4 is 23.1 Å². The molecule has 1 fully saturated rings. The Hall–Kier alpha value is -2.59. The van der Waals surface area contributed by atoms with Gasteiger partial charge < -0.3 is 4.90 Å². The number of fused-ring (bicyclic) bond motifs is 1. The van der Waals surface area contributed by atoms with Crippen molar-refractivity contribution in [2.24, 2.45) is 0 Å². The van der Waals surface area contributed by atoms with Crippen molar-refractivity contribution < 1.29 is 13.2 Å². The molecule has 3 aromatic heterocycles. The van der Waals surface area contributed by atoms with Crippen molar-refractivity contribution in [3.63, 3.8) is 0 Å². The van der Waals surface area contributed by atoms with Crippen molar-refractivity contribution in [2.75, 3.05) is 37.6 Å². The summed E-state index contributed by atoms with van der Waals surface area (Å²) >= 11 is 6.04. The molecule has 1 aliphatic rings. The third-order valence-electron chi connectivity index (χ3n) is 4.94. The van der Waals surface area contributed by atoms with E-state index in [4.69, 9.17) is 11.6 Å². The molecule has 154 valence electrons. The number of rotatable bonds is 4. The van der Waals surface area contributed by atoms with Gasteiger partial charge in [0.05, 0.1) is 17.1 Å². The van der Waals surface area contributed by atoms with Crippen molar-refractivity contribution in [1.82, 2.24) is 24.1 Å². The summed E-state index contributed by atoms with van der Waals surface area (Å²) in [5.74, 6) is 0.357. The molecule has 0 unspecified atom stereocenters. The third-order valence-corrected chi connectivity index (χ3v) is 5.22. The van der Waals surface area contributed by atoms with Gasteiger partial charge in [0.25, 0.3) is 0 Å². The van der Waals surface area contributed by atoms with E-state index in [9.17, 15) is 18.0 Å². The van der Waals surface area contributed by atoms with Crippen molar-refractivity contribution in [3.05, 3.63) is 57.7 Å². The van der Waals surface area contributed by atoms with Gasteiger partial charge in [0, 0.05) is 45.1 Å². The Bertz CT molecular complexity index is 1070. The molecule has 1 saturated heterocycles. The number of nitrogens with zero attached hydrogens (tertiary/aromatic N) is 6. The molecular weight excluding hydrogens is 409 g/mol. The summed E-state index contributed by atoms with van der Waals surface area (Å²) in [7, 11) is 0. The van der Waals surface area contributed by atoms with Gasteiger partial charge in [-0.1, -0.05) is 17.7 Å². The Balaban J connectivity index is 1.36. The van der Waals surface area contributed by atoms with E-state index >= 15 is 0 Å².